The van der Waals surface area contributed by atoms with Gasteiger partial charge in [-0.3, -0.25) is 0 Å². The highest BCUT2D eigenvalue weighted by molar-refractivity contribution is 5.50. The van der Waals surface area contributed by atoms with E-state index in [-0.39, 0.29) is 0 Å². The lowest BCUT2D eigenvalue weighted by Crippen LogP contribution is -2.31. The highest BCUT2D eigenvalue weighted by Crippen LogP contribution is 2.31. The molecule has 7 nitrogen and oxygen atoms in total. The molecule has 1 heterocycles. The molecular weight excluding hydrogens is 258 g/mol. The summed E-state index contributed by atoms with van der Waals surface area (Å²) >= 11 is 0. The Hall–Kier alpha value is -1.44. The lowest BCUT2D eigenvalue weighted by atomic mass is 10.4. The first-order valence-corrected chi connectivity index (χ1v) is 6.96. The van der Waals surface area contributed by atoms with Crippen LogP contribution in [0.3, 0.4) is 0 Å². The van der Waals surface area contributed by atoms with Crippen LogP contribution in [0.4, 0.5) is 11.6 Å². The van der Waals surface area contributed by atoms with E-state index in [2.05, 4.69) is 20.3 Å². The standard InChI is InChI=1S/C13H23N5O2/c1-3-20-9-12-15-11(17-14)8-13(16-12)18(6-7-19-2)10-4-5-10/h8,10H,3-7,9,14H2,1-2H3,(H,15,16,17). The summed E-state index contributed by atoms with van der Waals surface area (Å²) in [5, 5.41) is 0. The van der Waals surface area contributed by atoms with Crippen molar-refractivity contribution in [1.29, 1.82) is 0 Å². The topological polar surface area (TPSA) is 85.5 Å². The van der Waals surface area contributed by atoms with E-state index in [1.165, 1.54) is 12.8 Å². The zero-order valence-corrected chi connectivity index (χ0v) is 12.1. The smallest absolute Gasteiger partial charge is 0.158 e. The molecule has 1 aliphatic rings. The number of ether oxygens (including phenoxy) is 2. The average Bonchev–Trinajstić information content (AvgIpc) is 3.30. The van der Waals surface area contributed by atoms with Gasteiger partial charge in [0.15, 0.2) is 5.82 Å². The second kappa shape index (κ2) is 7.37. The molecule has 0 bridgehead atoms. The zero-order valence-electron chi connectivity index (χ0n) is 12.1. The molecule has 0 aliphatic heterocycles. The van der Waals surface area contributed by atoms with Crippen molar-refractivity contribution in [2.75, 3.05) is 37.2 Å². The number of nitrogen functional groups attached to an aromatic ring is 1. The number of rotatable bonds is 9. The van der Waals surface area contributed by atoms with Crippen LogP contribution in [0.25, 0.3) is 0 Å². The number of methoxy groups -OCH3 is 1. The van der Waals surface area contributed by atoms with Crippen molar-refractivity contribution < 1.29 is 9.47 Å². The minimum Gasteiger partial charge on any atom is -0.383 e. The lowest BCUT2D eigenvalue weighted by Gasteiger charge is -2.24. The Morgan fingerprint density at radius 2 is 2.25 bits per heavy atom. The zero-order chi connectivity index (χ0) is 14.4. The Balaban J connectivity index is 2.18. The molecule has 1 aromatic rings. The second-order valence-electron chi connectivity index (χ2n) is 4.73. The van der Waals surface area contributed by atoms with Gasteiger partial charge in [-0.25, -0.2) is 15.8 Å². The summed E-state index contributed by atoms with van der Waals surface area (Å²) in [4.78, 5) is 11.1. The largest absolute Gasteiger partial charge is 0.383 e. The maximum atomic E-state index is 5.48. The Bertz CT molecular complexity index is 425. The molecule has 3 N–H and O–H groups in total. The molecule has 0 saturated heterocycles. The highest BCUT2D eigenvalue weighted by atomic mass is 16.5. The van der Waals surface area contributed by atoms with Gasteiger partial charge in [0.1, 0.15) is 18.2 Å². The van der Waals surface area contributed by atoms with Gasteiger partial charge in [-0.05, 0) is 19.8 Å². The molecular formula is C13H23N5O2. The third-order valence-corrected chi connectivity index (χ3v) is 3.16. The molecule has 1 aliphatic carbocycles. The van der Waals surface area contributed by atoms with Gasteiger partial charge in [0.25, 0.3) is 0 Å². The summed E-state index contributed by atoms with van der Waals surface area (Å²) < 4.78 is 10.5. The predicted molar refractivity (Wildman–Crippen MR) is 77.4 cm³/mol. The highest BCUT2D eigenvalue weighted by Gasteiger charge is 2.30. The van der Waals surface area contributed by atoms with Crippen molar-refractivity contribution in [1.82, 2.24) is 9.97 Å². The number of hydrazine groups is 1. The van der Waals surface area contributed by atoms with E-state index in [0.29, 0.717) is 37.5 Å². The normalized spacial score (nSPS) is 14.3. The van der Waals surface area contributed by atoms with E-state index in [0.717, 1.165) is 12.4 Å². The van der Waals surface area contributed by atoms with Crippen molar-refractivity contribution in [2.45, 2.75) is 32.4 Å². The number of nitrogens with two attached hydrogens (primary N) is 1. The van der Waals surface area contributed by atoms with Crippen molar-refractivity contribution >= 4 is 11.6 Å². The summed E-state index contributed by atoms with van der Waals surface area (Å²) in [6.45, 7) is 4.46. The monoisotopic (exact) mass is 281 g/mol. The Kier molecular flexibility index (Phi) is 5.51. The molecule has 0 aromatic carbocycles. The molecule has 20 heavy (non-hydrogen) atoms. The summed E-state index contributed by atoms with van der Waals surface area (Å²) in [5.41, 5.74) is 2.59. The van der Waals surface area contributed by atoms with Crippen molar-refractivity contribution in [2.24, 2.45) is 5.84 Å². The van der Waals surface area contributed by atoms with Crippen LogP contribution in [0.5, 0.6) is 0 Å². The van der Waals surface area contributed by atoms with Gasteiger partial charge in [-0.15, -0.1) is 0 Å². The first kappa shape index (κ1) is 15.0. The third kappa shape index (κ3) is 4.03. The summed E-state index contributed by atoms with van der Waals surface area (Å²) in [5.74, 6) is 7.60. The Morgan fingerprint density at radius 1 is 1.45 bits per heavy atom. The minimum atomic E-state index is 0.391. The average molecular weight is 281 g/mol. The minimum absolute atomic E-state index is 0.391. The van der Waals surface area contributed by atoms with Gasteiger partial charge in [-0.2, -0.15) is 0 Å². The predicted octanol–water partition coefficient (Wildman–Crippen LogP) is 0.914. The fourth-order valence-electron chi connectivity index (χ4n) is 2.02. The van der Waals surface area contributed by atoms with E-state index >= 15 is 0 Å². The molecule has 0 atom stereocenters. The molecule has 0 radical (unpaired) electrons. The lowest BCUT2D eigenvalue weighted by molar-refractivity contribution is 0.128. The van der Waals surface area contributed by atoms with E-state index in [4.69, 9.17) is 15.3 Å². The van der Waals surface area contributed by atoms with Crippen molar-refractivity contribution in [3.63, 3.8) is 0 Å². The molecule has 1 saturated carbocycles. The molecule has 0 amide bonds. The quantitative estimate of drug-likeness (QED) is 0.514. The van der Waals surface area contributed by atoms with Crippen molar-refractivity contribution in [3.05, 3.63) is 11.9 Å². The van der Waals surface area contributed by atoms with Gasteiger partial charge >= 0.3 is 0 Å². The first-order chi connectivity index (χ1) is 9.78. The van der Waals surface area contributed by atoms with Gasteiger partial charge in [0.05, 0.1) is 6.61 Å². The molecule has 0 unspecified atom stereocenters. The SMILES string of the molecule is CCOCc1nc(NN)cc(N(CCOC)C2CC2)n1. The van der Waals surface area contributed by atoms with Gasteiger partial charge in [-0.1, -0.05) is 0 Å². The van der Waals surface area contributed by atoms with Crippen LogP contribution >= 0.6 is 0 Å². The van der Waals surface area contributed by atoms with E-state index in [9.17, 15) is 0 Å². The number of hydrogen-bond donors (Lipinski definition) is 2. The van der Waals surface area contributed by atoms with Crippen LogP contribution in [0.1, 0.15) is 25.6 Å². The van der Waals surface area contributed by atoms with Crippen LogP contribution in [0.2, 0.25) is 0 Å². The second-order valence-corrected chi connectivity index (χ2v) is 4.73. The number of aromatic nitrogens is 2. The number of anilines is 2. The van der Waals surface area contributed by atoms with Crippen LogP contribution in [0.15, 0.2) is 6.07 Å². The van der Waals surface area contributed by atoms with E-state index < -0.39 is 0 Å². The van der Waals surface area contributed by atoms with Crippen LogP contribution in [-0.2, 0) is 16.1 Å². The van der Waals surface area contributed by atoms with Gasteiger partial charge in [0.2, 0.25) is 0 Å². The van der Waals surface area contributed by atoms with E-state index in [1.807, 2.05) is 13.0 Å². The molecule has 2 rings (SSSR count). The molecule has 0 spiro atoms. The molecule has 1 aromatic heterocycles. The fraction of sp³-hybridized carbons (Fsp3) is 0.692. The Labute approximate surface area is 119 Å². The summed E-state index contributed by atoms with van der Waals surface area (Å²) in [6.07, 6.45) is 2.39. The fourth-order valence-corrected chi connectivity index (χ4v) is 2.02. The van der Waals surface area contributed by atoms with Crippen LogP contribution in [0, 0.1) is 0 Å². The van der Waals surface area contributed by atoms with Crippen LogP contribution < -0.4 is 16.2 Å². The molecule has 7 heteroatoms. The Morgan fingerprint density at radius 3 is 2.85 bits per heavy atom. The summed E-state index contributed by atoms with van der Waals surface area (Å²) in [7, 11) is 1.71. The van der Waals surface area contributed by atoms with Crippen molar-refractivity contribution in [3.8, 4) is 0 Å². The summed E-state index contributed by atoms with van der Waals surface area (Å²) in [6, 6.07) is 2.41. The molecule has 112 valence electrons. The number of nitrogens with zero attached hydrogens (tertiary/aromatic N) is 3. The van der Waals surface area contributed by atoms with Gasteiger partial charge < -0.3 is 19.8 Å². The maximum Gasteiger partial charge on any atom is 0.158 e. The third-order valence-electron chi connectivity index (χ3n) is 3.16. The maximum absolute atomic E-state index is 5.48. The first-order valence-electron chi connectivity index (χ1n) is 6.96. The van der Waals surface area contributed by atoms with E-state index in [1.54, 1.807) is 7.11 Å². The number of hydrogen-bond acceptors (Lipinski definition) is 7. The number of nitrogens with one attached hydrogen (secondary N) is 1. The van der Waals surface area contributed by atoms with Crippen LogP contribution in [-0.4, -0.2) is 42.9 Å². The molecule has 1 fully saturated rings. The van der Waals surface area contributed by atoms with Gasteiger partial charge in [0, 0.05) is 32.4 Å².